The van der Waals surface area contributed by atoms with Crippen molar-refractivity contribution < 1.29 is 5.11 Å². The second-order valence-corrected chi connectivity index (χ2v) is 4.08. The van der Waals surface area contributed by atoms with Crippen molar-refractivity contribution in [2.45, 2.75) is 27.0 Å². The monoisotopic (exact) mass is 228 g/mol. The lowest BCUT2D eigenvalue weighted by Gasteiger charge is -2.07. The van der Waals surface area contributed by atoms with E-state index in [1.165, 1.54) is 4.68 Å². The highest BCUT2D eigenvalue weighted by atomic mass is 35.5. The molecular weight excluding hydrogens is 216 g/mol. The van der Waals surface area contributed by atoms with Crippen LogP contribution in [-0.2, 0) is 0 Å². The molecule has 0 aromatic carbocycles. The van der Waals surface area contributed by atoms with Crippen molar-refractivity contribution in [1.82, 2.24) is 9.36 Å². The largest absolute Gasteiger partial charge is 0.368 e. The second-order valence-electron chi connectivity index (χ2n) is 3.81. The van der Waals surface area contributed by atoms with Crippen LogP contribution in [0.4, 0.5) is 0 Å². The van der Waals surface area contributed by atoms with Gasteiger partial charge < -0.3 is 5.11 Å². The lowest BCUT2D eigenvalue weighted by molar-refractivity contribution is 0.128. The average Bonchev–Trinajstić information content (AvgIpc) is 2.59. The summed E-state index contributed by atoms with van der Waals surface area (Å²) in [6, 6.07) is 0. The van der Waals surface area contributed by atoms with Crippen LogP contribution in [0.25, 0.3) is 5.70 Å². The van der Waals surface area contributed by atoms with Gasteiger partial charge in [-0.2, -0.15) is 0 Å². The predicted molar refractivity (Wildman–Crippen MR) is 59.0 cm³/mol. The summed E-state index contributed by atoms with van der Waals surface area (Å²) in [5.74, 6) is 0.289. The van der Waals surface area contributed by atoms with E-state index in [9.17, 15) is 9.90 Å². The predicted octanol–water partition coefficient (Wildman–Crippen LogP) is 1.24. The molecule has 1 N–H and O–H groups in total. The average molecular weight is 229 g/mol. The van der Waals surface area contributed by atoms with Crippen molar-refractivity contribution in [1.29, 1.82) is 0 Å². The fourth-order valence-electron chi connectivity index (χ4n) is 1.95. The molecular formula is C10H13ClN2O2. The Morgan fingerprint density at radius 2 is 2.00 bits per heavy atom. The number of aromatic nitrogens is 2. The number of hydrogen-bond acceptors (Lipinski definition) is 2. The maximum absolute atomic E-state index is 11.8. The molecule has 0 saturated heterocycles. The smallest absolute Gasteiger partial charge is 0.272 e. The standard InChI is InChI=1S/C10H13ClN2O2/c1-5-7(3)12-8(4-11)6(2)10(15)13(12)9(5)14/h10,15H,4H2,1-3H3. The molecule has 2 heterocycles. The van der Waals surface area contributed by atoms with Gasteiger partial charge in [-0.1, -0.05) is 0 Å². The van der Waals surface area contributed by atoms with Crippen molar-refractivity contribution in [3.63, 3.8) is 0 Å². The Balaban J connectivity index is 2.81. The van der Waals surface area contributed by atoms with Gasteiger partial charge in [0.15, 0.2) is 6.23 Å². The SMILES string of the molecule is CC1=C(CCl)n2c(C)c(C)c(=O)n2C1O. The highest BCUT2D eigenvalue weighted by Gasteiger charge is 2.30. The molecule has 1 atom stereocenters. The summed E-state index contributed by atoms with van der Waals surface area (Å²) in [5, 5.41) is 9.90. The minimum absolute atomic E-state index is 0.153. The van der Waals surface area contributed by atoms with Crippen LogP contribution < -0.4 is 5.56 Å². The zero-order chi connectivity index (χ0) is 11.3. The zero-order valence-electron chi connectivity index (χ0n) is 8.91. The first kappa shape index (κ1) is 10.5. The molecule has 1 unspecified atom stereocenters. The van der Waals surface area contributed by atoms with E-state index in [1.54, 1.807) is 18.5 Å². The number of nitrogens with zero attached hydrogens (tertiary/aromatic N) is 2. The van der Waals surface area contributed by atoms with Crippen molar-refractivity contribution in [3.8, 4) is 0 Å². The number of hydrogen-bond donors (Lipinski definition) is 1. The Labute approximate surface area is 92.4 Å². The van der Waals surface area contributed by atoms with Gasteiger partial charge in [0, 0.05) is 16.8 Å². The van der Waals surface area contributed by atoms with Gasteiger partial charge in [-0.05, 0) is 20.8 Å². The van der Waals surface area contributed by atoms with Crippen molar-refractivity contribution in [2.24, 2.45) is 0 Å². The number of aliphatic hydroxyl groups excluding tert-OH is 1. The van der Waals surface area contributed by atoms with Crippen LogP contribution in [0.1, 0.15) is 24.4 Å². The lowest BCUT2D eigenvalue weighted by atomic mass is 10.2. The number of alkyl halides is 1. The van der Waals surface area contributed by atoms with Crippen LogP contribution in [0.15, 0.2) is 10.4 Å². The molecule has 2 rings (SSSR count). The van der Waals surface area contributed by atoms with E-state index in [0.717, 1.165) is 17.0 Å². The van der Waals surface area contributed by atoms with Crippen LogP contribution in [0.5, 0.6) is 0 Å². The second kappa shape index (κ2) is 3.25. The number of aliphatic hydroxyl groups is 1. The van der Waals surface area contributed by atoms with E-state index in [1.807, 2.05) is 6.92 Å². The van der Waals surface area contributed by atoms with Crippen LogP contribution in [0.3, 0.4) is 0 Å². The van der Waals surface area contributed by atoms with Crippen LogP contribution >= 0.6 is 11.6 Å². The van der Waals surface area contributed by atoms with E-state index >= 15 is 0 Å². The number of allylic oxidation sites excluding steroid dienone is 1. The van der Waals surface area contributed by atoms with E-state index < -0.39 is 6.23 Å². The van der Waals surface area contributed by atoms with Gasteiger partial charge in [-0.3, -0.25) is 9.48 Å². The van der Waals surface area contributed by atoms with Crippen LogP contribution in [-0.4, -0.2) is 20.4 Å². The third kappa shape index (κ3) is 1.15. The summed E-state index contributed by atoms with van der Waals surface area (Å²) < 4.78 is 3.06. The summed E-state index contributed by atoms with van der Waals surface area (Å²) in [4.78, 5) is 11.8. The van der Waals surface area contributed by atoms with Gasteiger partial charge in [-0.25, -0.2) is 4.68 Å². The molecule has 15 heavy (non-hydrogen) atoms. The van der Waals surface area contributed by atoms with E-state index in [0.29, 0.717) is 5.56 Å². The number of fused-ring (bicyclic) bond motifs is 1. The van der Waals surface area contributed by atoms with Crippen LogP contribution in [0, 0.1) is 13.8 Å². The molecule has 1 aromatic rings. The Morgan fingerprint density at radius 3 is 2.53 bits per heavy atom. The summed E-state index contributed by atoms with van der Waals surface area (Å²) in [6.45, 7) is 5.39. The molecule has 82 valence electrons. The Hall–Kier alpha value is -1.00. The third-order valence-corrected chi connectivity index (χ3v) is 3.31. The Kier molecular flexibility index (Phi) is 2.28. The first-order valence-corrected chi connectivity index (χ1v) is 5.29. The first-order valence-electron chi connectivity index (χ1n) is 4.75. The molecule has 0 aliphatic carbocycles. The van der Waals surface area contributed by atoms with E-state index in [-0.39, 0.29) is 11.4 Å². The summed E-state index contributed by atoms with van der Waals surface area (Å²) in [5.41, 5.74) is 2.88. The van der Waals surface area contributed by atoms with Crippen LogP contribution in [0.2, 0.25) is 0 Å². The van der Waals surface area contributed by atoms with Gasteiger partial charge in [0.2, 0.25) is 0 Å². The summed E-state index contributed by atoms with van der Waals surface area (Å²) >= 11 is 5.82. The summed E-state index contributed by atoms with van der Waals surface area (Å²) in [6.07, 6.45) is -0.876. The number of rotatable bonds is 1. The Bertz CT molecular complexity index is 510. The van der Waals surface area contributed by atoms with E-state index in [2.05, 4.69) is 0 Å². The minimum Gasteiger partial charge on any atom is -0.368 e. The molecule has 0 bridgehead atoms. The van der Waals surface area contributed by atoms with Gasteiger partial charge in [-0.15, -0.1) is 11.6 Å². The maximum Gasteiger partial charge on any atom is 0.272 e. The molecule has 5 heteroatoms. The quantitative estimate of drug-likeness (QED) is 0.736. The van der Waals surface area contributed by atoms with Gasteiger partial charge >= 0.3 is 0 Å². The molecule has 0 saturated carbocycles. The topological polar surface area (TPSA) is 47.2 Å². The van der Waals surface area contributed by atoms with E-state index in [4.69, 9.17) is 11.6 Å². The van der Waals surface area contributed by atoms with Gasteiger partial charge in [0.05, 0.1) is 11.6 Å². The first-order chi connectivity index (χ1) is 7.00. The highest BCUT2D eigenvalue weighted by molar-refractivity contribution is 6.22. The molecule has 1 aromatic heterocycles. The Morgan fingerprint density at radius 1 is 1.40 bits per heavy atom. The molecule has 0 fully saturated rings. The van der Waals surface area contributed by atoms with Crippen molar-refractivity contribution in [2.75, 3.05) is 5.88 Å². The normalized spacial score (nSPS) is 19.9. The van der Waals surface area contributed by atoms with Gasteiger partial charge in [0.1, 0.15) is 0 Å². The fraction of sp³-hybridized carbons (Fsp3) is 0.500. The third-order valence-electron chi connectivity index (χ3n) is 3.06. The fourth-order valence-corrected chi connectivity index (χ4v) is 2.28. The highest BCUT2D eigenvalue weighted by Crippen LogP contribution is 2.30. The molecule has 4 nitrogen and oxygen atoms in total. The van der Waals surface area contributed by atoms with Crippen molar-refractivity contribution in [3.05, 3.63) is 27.2 Å². The lowest BCUT2D eigenvalue weighted by Crippen LogP contribution is -2.23. The van der Waals surface area contributed by atoms with Crippen molar-refractivity contribution >= 4 is 17.3 Å². The summed E-state index contributed by atoms with van der Waals surface area (Å²) in [7, 11) is 0. The molecule has 0 radical (unpaired) electrons. The number of halogens is 1. The maximum atomic E-state index is 11.8. The molecule has 0 spiro atoms. The molecule has 1 aliphatic rings. The zero-order valence-corrected chi connectivity index (χ0v) is 9.67. The molecule has 1 aliphatic heterocycles. The molecule has 0 amide bonds. The minimum atomic E-state index is -0.876. The van der Waals surface area contributed by atoms with Gasteiger partial charge in [0.25, 0.3) is 5.56 Å².